The molecule has 1 atom stereocenters. The second-order valence-corrected chi connectivity index (χ2v) is 7.40. The maximum absolute atomic E-state index is 10.8. The maximum Gasteiger partial charge on any atom is 0.313 e. The van der Waals surface area contributed by atoms with Crippen molar-refractivity contribution in [2.45, 2.75) is 63.3 Å². The van der Waals surface area contributed by atoms with E-state index >= 15 is 0 Å². The summed E-state index contributed by atoms with van der Waals surface area (Å²) in [6.45, 7) is 8.02. The third-order valence-electron chi connectivity index (χ3n) is 3.57. The molecule has 1 aliphatic heterocycles. The lowest BCUT2D eigenvalue weighted by Crippen LogP contribution is -2.28. The molecule has 0 radical (unpaired) electrons. The van der Waals surface area contributed by atoms with Gasteiger partial charge in [0.2, 0.25) is 0 Å². The van der Waals surface area contributed by atoms with E-state index in [1.165, 1.54) is 18.2 Å². The number of carboxylic acid groups (broad SMARTS) is 1. The first-order valence-electron chi connectivity index (χ1n) is 7.40. The summed E-state index contributed by atoms with van der Waals surface area (Å²) in [5, 5.41) is 9.65. The van der Waals surface area contributed by atoms with Crippen molar-refractivity contribution in [1.29, 1.82) is 0 Å². The summed E-state index contributed by atoms with van der Waals surface area (Å²) in [5.41, 5.74) is 1.11. The van der Waals surface area contributed by atoms with E-state index in [-0.39, 0.29) is 17.3 Å². The van der Waals surface area contributed by atoms with Gasteiger partial charge in [-0.2, -0.15) is 0 Å². The molecule has 0 amide bonds. The van der Waals surface area contributed by atoms with E-state index in [0.29, 0.717) is 0 Å². The summed E-state index contributed by atoms with van der Waals surface area (Å²) >= 11 is 1.28. The zero-order valence-electron chi connectivity index (χ0n) is 13.0. The van der Waals surface area contributed by atoms with Gasteiger partial charge in [-0.25, -0.2) is 4.98 Å². The van der Waals surface area contributed by atoms with Gasteiger partial charge in [-0.1, -0.05) is 32.5 Å². The average molecular weight is 312 g/mol. The predicted octanol–water partition coefficient (Wildman–Crippen LogP) is 2.93. The summed E-state index contributed by atoms with van der Waals surface area (Å²) in [5.74, 6) is -0.785. The number of carbonyl (C=O) groups is 1. The number of nitrogens with zero attached hydrogens (tertiary/aromatic N) is 2. The van der Waals surface area contributed by atoms with Crippen LogP contribution in [0, 0.1) is 0 Å². The Labute approximate surface area is 130 Å². The molecule has 2 heterocycles. The molecular weight excluding hydrogens is 288 g/mol. The Bertz CT molecular complexity index is 488. The van der Waals surface area contributed by atoms with E-state index in [0.717, 1.165) is 36.8 Å². The molecule has 1 fully saturated rings. The predicted molar refractivity (Wildman–Crippen MR) is 82.9 cm³/mol. The van der Waals surface area contributed by atoms with Crippen LogP contribution >= 0.6 is 11.8 Å². The molecule has 118 valence electrons. The number of imidazole rings is 1. The molecule has 1 aromatic heterocycles. The Hall–Kier alpha value is -1.01. The van der Waals surface area contributed by atoms with Crippen LogP contribution in [-0.4, -0.2) is 39.1 Å². The second-order valence-electron chi connectivity index (χ2n) is 6.46. The largest absolute Gasteiger partial charge is 0.481 e. The third-order valence-corrected chi connectivity index (χ3v) is 4.55. The Balaban J connectivity index is 2.20. The SMILES string of the molecule is CC(C)(C)c1cnc(SCC(=O)O)n1CC1CCCCO1. The van der Waals surface area contributed by atoms with E-state index in [1.54, 1.807) is 0 Å². The molecule has 0 saturated carbocycles. The van der Waals surface area contributed by atoms with Gasteiger partial charge in [0.25, 0.3) is 0 Å². The van der Waals surface area contributed by atoms with Crippen molar-refractivity contribution in [3.63, 3.8) is 0 Å². The van der Waals surface area contributed by atoms with E-state index in [9.17, 15) is 4.79 Å². The number of aliphatic carboxylic acids is 1. The first-order chi connectivity index (χ1) is 9.88. The van der Waals surface area contributed by atoms with Crippen molar-refractivity contribution in [1.82, 2.24) is 9.55 Å². The standard InChI is InChI=1S/C15H24N2O3S/c1-15(2,3)12-8-16-14(21-10-13(18)19)17(12)9-11-6-4-5-7-20-11/h8,11H,4-7,9-10H2,1-3H3,(H,18,19). The minimum Gasteiger partial charge on any atom is -0.481 e. The molecule has 1 aliphatic rings. The summed E-state index contributed by atoms with van der Waals surface area (Å²) in [4.78, 5) is 15.2. The first kappa shape index (κ1) is 16.4. The highest BCUT2D eigenvalue weighted by Crippen LogP contribution is 2.29. The fraction of sp³-hybridized carbons (Fsp3) is 0.733. The van der Waals surface area contributed by atoms with Gasteiger partial charge in [0.05, 0.1) is 18.4 Å². The molecule has 0 aromatic carbocycles. The highest BCUT2D eigenvalue weighted by molar-refractivity contribution is 7.99. The number of ether oxygens (including phenoxy) is 1. The summed E-state index contributed by atoms with van der Waals surface area (Å²) < 4.78 is 7.97. The number of aromatic nitrogens is 2. The van der Waals surface area contributed by atoms with Gasteiger partial charge < -0.3 is 14.4 Å². The molecule has 1 aromatic rings. The Morgan fingerprint density at radius 2 is 2.29 bits per heavy atom. The van der Waals surface area contributed by atoms with E-state index in [4.69, 9.17) is 9.84 Å². The van der Waals surface area contributed by atoms with Crippen molar-refractivity contribution in [2.24, 2.45) is 0 Å². The van der Waals surface area contributed by atoms with Gasteiger partial charge in [0.15, 0.2) is 5.16 Å². The molecule has 0 aliphatic carbocycles. The van der Waals surface area contributed by atoms with Crippen LogP contribution in [0.4, 0.5) is 0 Å². The Kier molecular flexibility index (Phi) is 5.32. The molecule has 6 heteroatoms. The molecule has 5 nitrogen and oxygen atoms in total. The zero-order valence-corrected chi connectivity index (χ0v) is 13.8. The quantitative estimate of drug-likeness (QED) is 0.847. The van der Waals surface area contributed by atoms with Crippen molar-refractivity contribution in [3.05, 3.63) is 11.9 Å². The van der Waals surface area contributed by atoms with Gasteiger partial charge in [-0.3, -0.25) is 4.79 Å². The van der Waals surface area contributed by atoms with E-state index in [2.05, 4.69) is 30.3 Å². The van der Waals surface area contributed by atoms with Crippen molar-refractivity contribution < 1.29 is 14.6 Å². The molecule has 1 unspecified atom stereocenters. The Morgan fingerprint density at radius 3 is 2.86 bits per heavy atom. The molecule has 0 spiro atoms. The van der Waals surface area contributed by atoms with E-state index in [1.807, 2.05) is 6.20 Å². The van der Waals surface area contributed by atoms with Gasteiger partial charge in [0.1, 0.15) is 0 Å². The topological polar surface area (TPSA) is 64.3 Å². The fourth-order valence-corrected chi connectivity index (χ4v) is 3.24. The lowest BCUT2D eigenvalue weighted by atomic mass is 9.92. The normalized spacial score (nSPS) is 19.7. The molecule has 0 bridgehead atoms. The molecule has 1 saturated heterocycles. The number of hydrogen-bond donors (Lipinski definition) is 1. The van der Waals surface area contributed by atoms with Crippen LogP contribution in [0.1, 0.15) is 45.7 Å². The summed E-state index contributed by atoms with van der Waals surface area (Å²) in [6, 6.07) is 0. The van der Waals surface area contributed by atoms with Crippen LogP contribution in [0.5, 0.6) is 0 Å². The summed E-state index contributed by atoms with van der Waals surface area (Å²) in [6.07, 6.45) is 5.46. The molecule has 21 heavy (non-hydrogen) atoms. The first-order valence-corrected chi connectivity index (χ1v) is 8.38. The van der Waals surface area contributed by atoms with Gasteiger partial charge in [-0.15, -0.1) is 0 Å². The van der Waals surface area contributed by atoms with Crippen molar-refractivity contribution in [3.8, 4) is 0 Å². The molecular formula is C15H24N2O3S. The average Bonchev–Trinajstić information content (AvgIpc) is 2.80. The lowest BCUT2D eigenvalue weighted by Gasteiger charge is -2.27. The Morgan fingerprint density at radius 1 is 1.52 bits per heavy atom. The maximum atomic E-state index is 10.8. The summed E-state index contributed by atoms with van der Waals surface area (Å²) in [7, 11) is 0. The monoisotopic (exact) mass is 312 g/mol. The second kappa shape index (κ2) is 6.83. The highest BCUT2D eigenvalue weighted by Gasteiger charge is 2.25. The van der Waals surface area contributed by atoms with Gasteiger partial charge >= 0.3 is 5.97 Å². The van der Waals surface area contributed by atoms with Crippen LogP contribution in [0.3, 0.4) is 0 Å². The minimum absolute atomic E-state index is 0.0241. The molecule has 1 N–H and O–H groups in total. The van der Waals surface area contributed by atoms with Crippen molar-refractivity contribution >= 4 is 17.7 Å². The van der Waals surface area contributed by atoms with Crippen LogP contribution in [-0.2, 0) is 21.5 Å². The van der Waals surface area contributed by atoms with E-state index < -0.39 is 5.97 Å². The number of thioether (sulfide) groups is 1. The zero-order chi connectivity index (χ0) is 15.5. The smallest absolute Gasteiger partial charge is 0.313 e. The van der Waals surface area contributed by atoms with Gasteiger partial charge in [0, 0.05) is 23.9 Å². The van der Waals surface area contributed by atoms with Gasteiger partial charge in [-0.05, 0) is 19.3 Å². The van der Waals surface area contributed by atoms with Crippen LogP contribution in [0.15, 0.2) is 11.4 Å². The van der Waals surface area contributed by atoms with Crippen LogP contribution in [0.25, 0.3) is 0 Å². The fourth-order valence-electron chi connectivity index (χ4n) is 2.53. The lowest BCUT2D eigenvalue weighted by molar-refractivity contribution is -0.133. The van der Waals surface area contributed by atoms with Crippen LogP contribution < -0.4 is 0 Å². The number of carboxylic acids is 1. The van der Waals surface area contributed by atoms with Crippen molar-refractivity contribution in [2.75, 3.05) is 12.4 Å². The highest BCUT2D eigenvalue weighted by atomic mass is 32.2. The number of hydrogen-bond acceptors (Lipinski definition) is 4. The number of rotatable bonds is 5. The molecule has 2 rings (SSSR count). The van der Waals surface area contributed by atoms with Crippen LogP contribution in [0.2, 0.25) is 0 Å². The minimum atomic E-state index is -0.819. The third kappa shape index (κ3) is 4.48.